The Labute approximate surface area is 116 Å². The lowest BCUT2D eigenvalue weighted by Gasteiger charge is -2.36. The quantitative estimate of drug-likeness (QED) is 0.671. The molecule has 2 saturated carbocycles. The zero-order chi connectivity index (χ0) is 14.0. The van der Waals surface area contributed by atoms with Gasteiger partial charge in [-0.3, -0.25) is 10.1 Å². The number of carboxylic acids is 1. The molecule has 2 rings (SSSR count). The number of rotatable bonds is 9. The number of carboxylic acid groups (broad SMARTS) is 1. The fraction of sp³-hybridized carbons (Fsp3) is 0.933. The third-order valence-electron chi connectivity index (χ3n) is 4.24. The largest absolute Gasteiger partial charge is 0.480 e. The van der Waals surface area contributed by atoms with Crippen LogP contribution < -0.4 is 5.32 Å². The number of aliphatic carboxylic acids is 1. The summed E-state index contributed by atoms with van der Waals surface area (Å²) >= 11 is 0. The third-order valence-corrected chi connectivity index (χ3v) is 4.24. The Morgan fingerprint density at radius 1 is 1.37 bits per heavy atom. The second-order valence-electron chi connectivity index (χ2n) is 6.69. The van der Waals surface area contributed by atoms with Gasteiger partial charge >= 0.3 is 5.97 Å². The van der Waals surface area contributed by atoms with Gasteiger partial charge in [-0.05, 0) is 44.1 Å². The van der Waals surface area contributed by atoms with Crippen LogP contribution in [0.3, 0.4) is 0 Å². The molecule has 0 aliphatic heterocycles. The van der Waals surface area contributed by atoms with Crippen molar-refractivity contribution in [3.63, 3.8) is 0 Å². The molecular weight excluding hydrogens is 240 g/mol. The van der Waals surface area contributed by atoms with Crippen molar-refractivity contribution in [1.82, 2.24) is 10.2 Å². The maximum Gasteiger partial charge on any atom is 0.325 e. The maximum absolute atomic E-state index is 11.9. The molecule has 0 saturated heterocycles. The van der Waals surface area contributed by atoms with Crippen LogP contribution >= 0.6 is 0 Å². The van der Waals surface area contributed by atoms with E-state index in [2.05, 4.69) is 31.0 Å². The number of hydrogen-bond donors (Lipinski definition) is 2. The molecule has 4 heteroatoms. The van der Waals surface area contributed by atoms with Crippen LogP contribution in [0, 0.1) is 11.8 Å². The number of hydrogen-bond acceptors (Lipinski definition) is 3. The zero-order valence-corrected chi connectivity index (χ0v) is 12.5. The molecule has 0 aromatic rings. The van der Waals surface area contributed by atoms with Gasteiger partial charge in [0.15, 0.2) is 0 Å². The van der Waals surface area contributed by atoms with Gasteiger partial charge in [-0.2, -0.15) is 0 Å². The van der Waals surface area contributed by atoms with Crippen molar-refractivity contribution < 1.29 is 9.90 Å². The SMILES string of the molecule is CCN(CC(C)C)CC(NC1CC1)(C(=O)O)C1CC1. The second-order valence-corrected chi connectivity index (χ2v) is 6.69. The van der Waals surface area contributed by atoms with Crippen LogP contribution in [-0.4, -0.2) is 47.2 Å². The predicted octanol–water partition coefficient (Wildman–Crippen LogP) is 1.95. The van der Waals surface area contributed by atoms with Crippen molar-refractivity contribution in [1.29, 1.82) is 0 Å². The molecule has 0 spiro atoms. The van der Waals surface area contributed by atoms with Gasteiger partial charge in [0.05, 0.1) is 0 Å². The first-order chi connectivity index (χ1) is 8.98. The molecule has 110 valence electrons. The van der Waals surface area contributed by atoms with Crippen LogP contribution in [0.15, 0.2) is 0 Å². The first kappa shape index (κ1) is 14.8. The molecule has 2 aliphatic carbocycles. The van der Waals surface area contributed by atoms with Crippen molar-refractivity contribution in [3.8, 4) is 0 Å². The summed E-state index contributed by atoms with van der Waals surface area (Å²) < 4.78 is 0. The van der Waals surface area contributed by atoms with E-state index in [1.807, 2.05) is 0 Å². The van der Waals surface area contributed by atoms with Crippen LogP contribution in [0.4, 0.5) is 0 Å². The number of nitrogens with zero attached hydrogens (tertiary/aromatic N) is 1. The first-order valence-corrected chi connectivity index (χ1v) is 7.71. The number of carbonyl (C=O) groups is 1. The van der Waals surface area contributed by atoms with E-state index in [0.29, 0.717) is 24.4 Å². The summed E-state index contributed by atoms with van der Waals surface area (Å²) in [7, 11) is 0. The lowest BCUT2D eigenvalue weighted by molar-refractivity contribution is -0.147. The smallest absolute Gasteiger partial charge is 0.325 e. The van der Waals surface area contributed by atoms with E-state index >= 15 is 0 Å². The van der Waals surface area contributed by atoms with E-state index in [1.54, 1.807) is 0 Å². The highest BCUT2D eigenvalue weighted by atomic mass is 16.4. The predicted molar refractivity (Wildman–Crippen MR) is 76.2 cm³/mol. The lowest BCUT2D eigenvalue weighted by atomic mass is 9.91. The minimum atomic E-state index is -0.702. The van der Waals surface area contributed by atoms with Crippen LogP contribution in [0.25, 0.3) is 0 Å². The zero-order valence-electron chi connectivity index (χ0n) is 12.5. The van der Waals surface area contributed by atoms with Gasteiger partial charge < -0.3 is 10.0 Å². The molecule has 0 heterocycles. The van der Waals surface area contributed by atoms with Gasteiger partial charge in [-0.1, -0.05) is 20.8 Å². The molecule has 0 amide bonds. The lowest BCUT2D eigenvalue weighted by Crippen LogP contribution is -2.61. The molecule has 1 unspecified atom stereocenters. The van der Waals surface area contributed by atoms with Crippen LogP contribution in [0.2, 0.25) is 0 Å². The van der Waals surface area contributed by atoms with E-state index in [0.717, 1.165) is 38.8 Å². The Morgan fingerprint density at radius 2 is 2.00 bits per heavy atom. The molecule has 19 heavy (non-hydrogen) atoms. The Hall–Kier alpha value is -0.610. The molecule has 0 aromatic carbocycles. The summed E-state index contributed by atoms with van der Waals surface area (Å²) in [6, 6.07) is 0.439. The van der Waals surface area contributed by atoms with Crippen molar-refractivity contribution >= 4 is 5.97 Å². The van der Waals surface area contributed by atoms with Crippen molar-refractivity contribution in [3.05, 3.63) is 0 Å². The molecule has 0 bridgehead atoms. The molecule has 2 aliphatic rings. The highest BCUT2D eigenvalue weighted by molar-refractivity contribution is 5.80. The summed E-state index contributed by atoms with van der Waals surface area (Å²) in [4.78, 5) is 14.2. The summed E-state index contributed by atoms with van der Waals surface area (Å²) in [5.41, 5.74) is -0.702. The highest BCUT2D eigenvalue weighted by Crippen LogP contribution is 2.42. The second kappa shape index (κ2) is 5.80. The number of likely N-dealkylation sites (N-methyl/N-ethyl adjacent to an activating group) is 1. The summed E-state index contributed by atoms with van der Waals surface area (Å²) in [5, 5.41) is 13.3. The molecule has 1 atom stereocenters. The normalized spacial score (nSPS) is 22.8. The van der Waals surface area contributed by atoms with Crippen molar-refractivity contribution in [2.45, 2.75) is 58.0 Å². The summed E-state index contributed by atoms with van der Waals surface area (Å²) in [6.07, 6.45) is 4.40. The van der Waals surface area contributed by atoms with Gasteiger partial charge in [0.1, 0.15) is 5.54 Å². The van der Waals surface area contributed by atoms with E-state index in [-0.39, 0.29) is 0 Å². The van der Waals surface area contributed by atoms with E-state index < -0.39 is 11.5 Å². The summed E-state index contributed by atoms with van der Waals surface area (Å²) in [6.45, 7) is 9.06. The van der Waals surface area contributed by atoms with Crippen molar-refractivity contribution in [2.75, 3.05) is 19.6 Å². The van der Waals surface area contributed by atoms with Gasteiger partial charge in [0, 0.05) is 19.1 Å². The fourth-order valence-corrected chi connectivity index (χ4v) is 2.94. The van der Waals surface area contributed by atoms with Crippen molar-refractivity contribution in [2.24, 2.45) is 11.8 Å². The average Bonchev–Trinajstić information content (AvgIpc) is 3.18. The van der Waals surface area contributed by atoms with Crippen LogP contribution in [-0.2, 0) is 4.79 Å². The third kappa shape index (κ3) is 3.69. The topological polar surface area (TPSA) is 52.6 Å². The fourth-order valence-electron chi connectivity index (χ4n) is 2.94. The minimum absolute atomic E-state index is 0.326. The van der Waals surface area contributed by atoms with Crippen LogP contribution in [0.5, 0.6) is 0 Å². The van der Waals surface area contributed by atoms with E-state index in [9.17, 15) is 9.90 Å². The molecule has 4 nitrogen and oxygen atoms in total. The standard InChI is InChI=1S/C15H28N2O2/c1-4-17(9-11(2)3)10-15(14(18)19,12-5-6-12)16-13-7-8-13/h11-13,16H,4-10H2,1-3H3,(H,18,19). The monoisotopic (exact) mass is 268 g/mol. The first-order valence-electron chi connectivity index (χ1n) is 7.71. The molecule has 0 radical (unpaired) electrons. The van der Waals surface area contributed by atoms with Gasteiger partial charge in [-0.15, -0.1) is 0 Å². The Bertz CT molecular complexity index is 324. The average molecular weight is 268 g/mol. The molecular formula is C15H28N2O2. The van der Waals surface area contributed by atoms with Crippen LogP contribution in [0.1, 0.15) is 46.5 Å². The molecule has 2 N–H and O–H groups in total. The molecule has 0 aromatic heterocycles. The summed E-state index contributed by atoms with van der Waals surface area (Å²) in [5.74, 6) is 0.252. The Kier molecular flexibility index (Phi) is 4.51. The van der Waals surface area contributed by atoms with E-state index in [1.165, 1.54) is 0 Å². The van der Waals surface area contributed by atoms with Gasteiger partial charge in [0.2, 0.25) is 0 Å². The van der Waals surface area contributed by atoms with E-state index in [4.69, 9.17) is 0 Å². The van der Waals surface area contributed by atoms with Gasteiger partial charge in [0.25, 0.3) is 0 Å². The number of nitrogens with one attached hydrogen (secondary N) is 1. The highest BCUT2D eigenvalue weighted by Gasteiger charge is 2.53. The minimum Gasteiger partial charge on any atom is -0.480 e. The Morgan fingerprint density at radius 3 is 2.37 bits per heavy atom. The Balaban J connectivity index is 2.08. The molecule has 2 fully saturated rings. The van der Waals surface area contributed by atoms with Gasteiger partial charge in [-0.25, -0.2) is 0 Å². The maximum atomic E-state index is 11.9.